The van der Waals surface area contributed by atoms with Crippen LogP contribution in [0, 0.1) is 5.92 Å². The van der Waals surface area contributed by atoms with Crippen LogP contribution in [0.4, 0.5) is 0 Å². The summed E-state index contributed by atoms with van der Waals surface area (Å²) in [5.41, 5.74) is 0. The fraction of sp³-hybridized carbons (Fsp3) is 0.923. The molecule has 0 aromatic heterocycles. The van der Waals surface area contributed by atoms with Gasteiger partial charge in [-0.3, -0.25) is 4.79 Å². The smallest absolute Gasteiger partial charge is 0.226 e. The van der Waals surface area contributed by atoms with Crippen LogP contribution in [0.25, 0.3) is 0 Å². The average molecular weight is 312 g/mol. The van der Waals surface area contributed by atoms with Crippen LogP contribution in [-0.2, 0) is 4.79 Å². The van der Waals surface area contributed by atoms with Crippen molar-refractivity contribution in [2.45, 2.75) is 31.7 Å². The lowest BCUT2D eigenvalue weighted by Gasteiger charge is -2.37. The van der Waals surface area contributed by atoms with Crippen molar-refractivity contribution in [2.75, 3.05) is 40.3 Å². The van der Waals surface area contributed by atoms with Crippen LogP contribution in [0.3, 0.4) is 0 Å². The van der Waals surface area contributed by atoms with Crippen LogP contribution in [0.2, 0.25) is 0 Å². The third-order valence-corrected chi connectivity index (χ3v) is 4.15. The monoisotopic (exact) mass is 311 g/mol. The Bertz CT molecular complexity index is 263. The molecule has 6 heteroatoms. The zero-order valence-corrected chi connectivity index (χ0v) is 13.6. The number of hydrogen-bond donors (Lipinski definition) is 1. The van der Waals surface area contributed by atoms with Crippen LogP contribution in [0.5, 0.6) is 0 Å². The molecule has 1 unspecified atom stereocenters. The number of piperidine rings is 2. The Labute approximate surface area is 129 Å². The molecule has 2 aliphatic rings. The number of nitrogens with zero attached hydrogens (tertiary/aromatic N) is 2. The van der Waals surface area contributed by atoms with E-state index < -0.39 is 0 Å². The highest BCUT2D eigenvalue weighted by molar-refractivity contribution is 5.85. The zero-order valence-electron chi connectivity index (χ0n) is 11.9. The number of likely N-dealkylation sites (tertiary alicyclic amines) is 1. The van der Waals surface area contributed by atoms with Gasteiger partial charge in [0.1, 0.15) is 0 Å². The van der Waals surface area contributed by atoms with Gasteiger partial charge in [-0.05, 0) is 46.3 Å². The lowest BCUT2D eigenvalue weighted by Crippen LogP contribution is -2.48. The summed E-state index contributed by atoms with van der Waals surface area (Å²) in [5.74, 6) is 0.620. The van der Waals surface area contributed by atoms with Gasteiger partial charge in [0.05, 0.1) is 5.92 Å². The average Bonchev–Trinajstić information content (AvgIpc) is 2.39. The predicted octanol–water partition coefficient (Wildman–Crippen LogP) is 1.38. The number of carbonyl (C=O) groups is 1. The Hall–Kier alpha value is -0.0300. The van der Waals surface area contributed by atoms with E-state index in [-0.39, 0.29) is 30.7 Å². The molecule has 1 amide bonds. The number of hydrogen-bond acceptors (Lipinski definition) is 3. The van der Waals surface area contributed by atoms with Crippen LogP contribution in [0.1, 0.15) is 25.7 Å². The summed E-state index contributed by atoms with van der Waals surface area (Å²) in [7, 11) is 4.26. The summed E-state index contributed by atoms with van der Waals surface area (Å²) in [4.78, 5) is 16.7. The topological polar surface area (TPSA) is 35.6 Å². The van der Waals surface area contributed by atoms with Gasteiger partial charge >= 0.3 is 0 Å². The molecule has 2 fully saturated rings. The third kappa shape index (κ3) is 5.10. The predicted molar refractivity (Wildman–Crippen MR) is 83.4 cm³/mol. The summed E-state index contributed by atoms with van der Waals surface area (Å²) < 4.78 is 0. The maximum atomic E-state index is 12.3. The molecule has 0 saturated carbocycles. The quantitative estimate of drug-likeness (QED) is 0.837. The molecule has 0 aromatic rings. The molecule has 114 valence electrons. The van der Waals surface area contributed by atoms with Gasteiger partial charge in [0.2, 0.25) is 5.91 Å². The van der Waals surface area contributed by atoms with E-state index in [0.29, 0.717) is 11.9 Å². The maximum Gasteiger partial charge on any atom is 0.226 e. The first kappa shape index (κ1) is 19.0. The van der Waals surface area contributed by atoms with Gasteiger partial charge in [-0.2, -0.15) is 0 Å². The molecule has 1 atom stereocenters. The zero-order chi connectivity index (χ0) is 12.3. The van der Waals surface area contributed by atoms with Crippen molar-refractivity contribution in [3.05, 3.63) is 0 Å². The molecule has 19 heavy (non-hydrogen) atoms. The van der Waals surface area contributed by atoms with Gasteiger partial charge in [0.15, 0.2) is 0 Å². The van der Waals surface area contributed by atoms with Gasteiger partial charge < -0.3 is 15.1 Å². The van der Waals surface area contributed by atoms with Crippen molar-refractivity contribution in [1.29, 1.82) is 0 Å². The molecule has 4 nitrogen and oxygen atoms in total. The Morgan fingerprint density at radius 3 is 2.26 bits per heavy atom. The third-order valence-electron chi connectivity index (χ3n) is 4.15. The number of rotatable bonds is 2. The molecular formula is C13H27Cl2N3O. The van der Waals surface area contributed by atoms with Gasteiger partial charge in [0.25, 0.3) is 0 Å². The van der Waals surface area contributed by atoms with Gasteiger partial charge in [0, 0.05) is 25.7 Å². The van der Waals surface area contributed by atoms with Gasteiger partial charge in [-0.1, -0.05) is 0 Å². The van der Waals surface area contributed by atoms with Crippen molar-refractivity contribution in [2.24, 2.45) is 5.92 Å². The number of halogens is 2. The van der Waals surface area contributed by atoms with E-state index in [0.717, 1.165) is 51.9 Å². The maximum absolute atomic E-state index is 12.3. The minimum Gasteiger partial charge on any atom is -0.342 e. The van der Waals surface area contributed by atoms with E-state index in [1.54, 1.807) is 0 Å². The van der Waals surface area contributed by atoms with Crippen LogP contribution >= 0.6 is 24.8 Å². The Morgan fingerprint density at radius 2 is 1.79 bits per heavy atom. The Morgan fingerprint density at radius 1 is 1.16 bits per heavy atom. The first-order valence-corrected chi connectivity index (χ1v) is 6.84. The number of amides is 1. The van der Waals surface area contributed by atoms with Crippen LogP contribution < -0.4 is 5.32 Å². The second-order valence-electron chi connectivity index (χ2n) is 5.56. The van der Waals surface area contributed by atoms with E-state index in [1.807, 2.05) is 0 Å². The molecule has 0 spiro atoms. The Kier molecular flexibility index (Phi) is 8.99. The summed E-state index contributed by atoms with van der Waals surface area (Å²) >= 11 is 0. The van der Waals surface area contributed by atoms with E-state index >= 15 is 0 Å². The molecule has 0 radical (unpaired) electrons. The minimum atomic E-state index is 0. The molecule has 0 aromatic carbocycles. The van der Waals surface area contributed by atoms with Crippen molar-refractivity contribution in [3.8, 4) is 0 Å². The fourth-order valence-electron chi connectivity index (χ4n) is 2.92. The second kappa shape index (κ2) is 9.01. The number of carbonyl (C=O) groups excluding carboxylic acids is 1. The first-order chi connectivity index (χ1) is 8.18. The van der Waals surface area contributed by atoms with Crippen molar-refractivity contribution in [3.63, 3.8) is 0 Å². The summed E-state index contributed by atoms with van der Waals surface area (Å²) in [6.07, 6.45) is 4.46. The van der Waals surface area contributed by atoms with Gasteiger partial charge in [-0.15, -0.1) is 24.8 Å². The second-order valence-corrected chi connectivity index (χ2v) is 5.56. The lowest BCUT2D eigenvalue weighted by atomic mass is 9.96. The highest BCUT2D eigenvalue weighted by Gasteiger charge is 2.29. The molecule has 2 saturated heterocycles. The normalized spacial score (nSPS) is 24.6. The fourth-order valence-corrected chi connectivity index (χ4v) is 2.92. The summed E-state index contributed by atoms with van der Waals surface area (Å²) in [6.45, 7) is 3.84. The van der Waals surface area contributed by atoms with Gasteiger partial charge in [-0.25, -0.2) is 0 Å². The van der Waals surface area contributed by atoms with E-state index in [9.17, 15) is 4.79 Å². The highest BCUT2D eigenvalue weighted by atomic mass is 35.5. The van der Waals surface area contributed by atoms with Crippen LogP contribution in [0.15, 0.2) is 0 Å². The van der Waals surface area contributed by atoms with E-state index in [4.69, 9.17) is 0 Å². The molecule has 0 bridgehead atoms. The van der Waals surface area contributed by atoms with E-state index in [1.165, 1.54) is 0 Å². The van der Waals surface area contributed by atoms with Crippen LogP contribution in [-0.4, -0.2) is 62.0 Å². The van der Waals surface area contributed by atoms with Crippen molar-refractivity contribution < 1.29 is 4.79 Å². The molecule has 1 N–H and O–H groups in total. The molecule has 2 heterocycles. The van der Waals surface area contributed by atoms with Crippen molar-refractivity contribution >= 4 is 30.7 Å². The standard InChI is InChI=1S/C13H25N3O.2ClH/c1-15(2)12-5-8-16(9-6-12)13(17)11-4-3-7-14-10-11;;/h11-12,14H,3-10H2,1-2H3;2*1H. The Balaban J connectivity index is 0.00000162. The number of nitrogens with one attached hydrogen (secondary N) is 1. The molecule has 2 aliphatic heterocycles. The lowest BCUT2D eigenvalue weighted by molar-refractivity contribution is -0.137. The van der Waals surface area contributed by atoms with E-state index in [2.05, 4.69) is 29.2 Å². The highest BCUT2D eigenvalue weighted by Crippen LogP contribution is 2.19. The minimum absolute atomic E-state index is 0. The molecular weight excluding hydrogens is 285 g/mol. The molecule has 0 aliphatic carbocycles. The largest absolute Gasteiger partial charge is 0.342 e. The van der Waals surface area contributed by atoms with Crippen molar-refractivity contribution in [1.82, 2.24) is 15.1 Å². The molecule has 2 rings (SSSR count). The first-order valence-electron chi connectivity index (χ1n) is 6.84. The SMILES string of the molecule is CN(C)C1CCN(C(=O)C2CCCNC2)CC1.Cl.Cl. The summed E-state index contributed by atoms with van der Waals surface area (Å²) in [5, 5.41) is 3.33. The summed E-state index contributed by atoms with van der Waals surface area (Å²) in [6, 6.07) is 0.656.